The fraction of sp³-hybridized carbons (Fsp3) is 0.462. The number of aliphatic hydroxyl groups is 1. The van der Waals surface area contributed by atoms with Gasteiger partial charge in [-0.3, -0.25) is 4.68 Å². The smallest absolute Gasteiger partial charge is 0.339 e. The molecule has 2 aromatic rings. The van der Waals surface area contributed by atoms with E-state index < -0.39 is 12.1 Å². The molecule has 0 saturated carbocycles. The van der Waals surface area contributed by atoms with Gasteiger partial charge in [0.15, 0.2) is 5.65 Å². The second-order valence-corrected chi connectivity index (χ2v) is 4.96. The standard InChI is InChI=1S/C13H18N4O3/c1-7(18)6-16(3)11-9(13(19)20)5-14-12-10(11)8(2)15-17(12)4/h5,7,18H,6H2,1-4H3,(H,19,20). The number of fused-ring (bicyclic) bond motifs is 1. The summed E-state index contributed by atoms with van der Waals surface area (Å²) in [6.45, 7) is 3.80. The number of aromatic carboxylic acids is 1. The van der Waals surface area contributed by atoms with Crippen molar-refractivity contribution in [3.8, 4) is 0 Å². The Labute approximate surface area is 116 Å². The predicted octanol–water partition coefficient (Wildman–Crippen LogP) is 0.792. The third-order valence-electron chi connectivity index (χ3n) is 3.15. The van der Waals surface area contributed by atoms with E-state index in [4.69, 9.17) is 0 Å². The van der Waals surface area contributed by atoms with Crippen molar-refractivity contribution >= 4 is 22.7 Å². The van der Waals surface area contributed by atoms with Crippen molar-refractivity contribution in [2.45, 2.75) is 20.0 Å². The number of hydrogen-bond donors (Lipinski definition) is 2. The second-order valence-electron chi connectivity index (χ2n) is 4.96. The number of likely N-dealkylation sites (N-methyl/N-ethyl adjacent to an activating group) is 1. The molecule has 1 unspecified atom stereocenters. The second kappa shape index (κ2) is 5.09. The molecule has 2 aromatic heterocycles. The van der Waals surface area contributed by atoms with Crippen LogP contribution in [0.3, 0.4) is 0 Å². The number of rotatable bonds is 4. The summed E-state index contributed by atoms with van der Waals surface area (Å²) in [6.07, 6.45) is 0.765. The molecule has 0 spiro atoms. The van der Waals surface area contributed by atoms with Crippen LogP contribution in [0, 0.1) is 6.92 Å². The minimum absolute atomic E-state index is 0.108. The molecule has 0 aliphatic rings. The van der Waals surface area contributed by atoms with Crippen LogP contribution < -0.4 is 4.90 Å². The van der Waals surface area contributed by atoms with E-state index in [2.05, 4.69) is 10.1 Å². The molecule has 108 valence electrons. The highest BCUT2D eigenvalue weighted by atomic mass is 16.4. The number of aryl methyl sites for hydroxylation is 2. The summed E-state index contributed by atoms with van der Waals surface area (Å²) in [4.78, 5) is 17.3. The number of carboxylic acid groups (broad SMARTS) is 1. The molecular weight excluding hydrogens is 260 g/mol. The molecule has 0 aliphatic carbocycles. The maximum Gasteiger partial charge on any atom is 0.339 e. The molecule has 0 aliphatic heterocycles. The molecule has 7 heteroatoms. The minimum Gasteiger partial charge on any atom is -0.478 e. The van der Waals surface area contributed by atoms with Gasteiger partial charge in [0.2, 0.25) is 0 Å². The lowest BCUT2D eigenvalue weighted by Crippen LogP contribution is -2.28. The largest absolute Gasteiger partial charge is 0.478 e. The number of aliphatic hydroxyl groups excluding tert-OH is 1. The molecular formula is C13H18N4O3. The van der Waals surface area contributed by atoms with E-state index in [0.717, 1.165) is 0 Å². The van der Waals surface area contributed by atoms with E-state index in [1.54, 1.807) is 30.6 Å². The monoisotopic (exact) mass is 278 g/mol. The molecule has 7 nitrogen and oxygen atoms in total. The summed E-state index contributed by atoms with van der Waals surface area (Å²) in [5, 5.41) is 23.9. The van der Waals surface area contributed by atoms with Crippen molar-refractivity contribution in [3.63, 3.8) is 0 Å². The van der Waals surface area contributed by atoms with Crippen molar-refractivity contribution in [2.75, 3.05) is 18.5 Å². The third-order valence-corrected chi connectivity index (χ3v) is 3.15. The molecule has 0 aromatic carbocycles. The van der Waals surface area contributed by atoms with E-state index in [1.165, 1.54) is 6.20 Å². The van der Waals surface area contributed by atoms with Crippen molar-refractivity contribution < 1.29 is 15.0 Å². The van der Waals surface area contributed by atoms with Crippen LogP contribution in [0.15, 0.2) is 6.20 Å². The molecule has 0 radical (unpaired) electrons. The topological polar surface area (TPSA) is 91.5 Å². The summed E-state index contributed by atoms with van der Waals surface area (Å²) in [5.41, 5.74) is 1.98. The minimum atomic E-state index is -1.05. The Balaban J connectivity index is 2.74. The van der Waals surface area contributed by atoms with Crippen LogP contribution in [0.2, 0.25) is 0 Å². The highest BCUT2D eigenvalue weighted by Gasteiger charge is 2.22. The predicted molar refractivity (Wildman–Crippen MR) is 75.2 cm³/mol. The number of aromatic nitrogens is 3. The highest BCUT2D eigenvalue weighted by molar-refractivity contribution is 6.04. The molecule has 0 saturated heterocycles. The van der Waals surface area contributed by atoms with Crippen LogP contribution in [0.4, 0.5) is 5.69 Å². The Morgan fingerprint density at radius 3 is 2.75 bits per heavy atom. The van der Waals surface area contributed by atoms with Crippen molar-refractivity contribution in [1.82, 2.24) is 14.8 Å². The first-order valence-corrected chi connectivity index (χ1v) is 6.27. The quantitative estimate of drug-likeness (QED) is 0.859. The van der Waals surface area contributed by atoms with Crippen LogP contribution in [0.25, 0.3) is 11.0 Å². The van der Waals surface area contributed by atoms with Crippen LogP contribution in [0.5, 0.6) is 0 Å². The summed E-state index contributed by atoms with van der Waals surface area (Å²) >= 11 is 0. The van der Waals surface area contributed by atoms with Gasteiger partial charge >= 0.3 is 5.97 Å². The molecule has 2 rings (SSSR count). The van der Waals surface area contributed by atoms with E-state index >= 15 is 0 Å². The van der Waals surface area contributed by atoms with Gasteiger partial charge in [-0.15, -0.1) is 0 Å². The summed E-state index contributed by atoms with van der Waals surface area (Å²) < 4.78 is 1.62. The maximum atomic E-state index is 11.4. The lowest BCUT2D eigenvalue weighted by Gasteiger charge is -2.23. The average Bonchev–Trinajstić information content (AvgIpc) is 2.63. The Hall–Kier alpha value is -2.15. The van der Waals surface area contributed by atoms with Gasteiger partial charge in [-0.25, -0.2) is 9.78 Å². The normalized spacial score (nSPS) is 12.7. The first kappa shape index (κ1) is 14.3. The average molecular weight is 278 g/mol. The van der Waals surface area contributed by atoms with Gasteiger partial charge < -0.3 is 15.1 Å². The van der Waals surface area contributed by atoms with Crippen molar-refractivity contribution in [2.24, 2.45) is 7.05 Å². The number of nitrogens with zero attached hydrogens (tertiary/aromatic N) is 4. The van der Waals surface area contributed by atoms with Gasteiger partial charge in [-0.1, -0.05) is 0 Å². The number of pyridine rings is 1. The lowest BCUT2D eigenvalue weighted by atomic mass is 10.1. The molecule has 2 heterocycles. The van der Waals surface area contributed by atoms with E-state index in [9.17, 15) is 15.0 Å². The molecule has 0 amide bonds. The van der Waals surface area contributed by atoms with E-state index in [-0.39, 0.29) is 5.56 Å². The molecule has 2 N–H and O–H groups in total. The van der Waals surface area contributed by atoms with Crippen LogP contribution in [-0.4, -0.2) is 50.6 Å². The van der Waals surface area contributed by atoms with Crippen LogP contribution >= 0.6 is 0 Å². The number of anilines is 1. The van der Waals surface area contributed by atoms with Gasteiger partial charge in [-0.05, 0) is 13.8 Å². The Bertz CT molecular complexity index is 663. The van der Waals surface area contributed by atoms with Crippen LogP contribution in [0.1, 0.15) is 23.0 Å². The molecule has 1 atom stereocenters. The number of carbonyl (C=O) groups is 1. The first-order valence-electron chi connectivity index (χ1n) is 6.27. The third kappa shape index (κ3) is 2.32. The fourth-order valence-corrected chi connectivity index (χ4v) is 2.43. The molecule has 0 bridgehead atoms. The highest BCUT2D eigenvalue weighted by Crippen LogP contribution is 2.31. The summed E-state index contributed by atoms with van der Waals surface area (Å²) in [5.74, 6) is -1.05. The van der Waals surface area contributed by atoms with Gasteiger partial charge in [0.1, 0.15) is 5.56 Å². The van der Waals surface area contributed by atoms with Gasteiger partial charge in [-0.2, -0.15) is 5.10 Å². The Morgan fingerprint density at radius 1 is 1.55 bits per heavy atom. The van der Waals surface area contributed by atoms with E-state index in [1.807, 2.05) is 6.92 Å². The van der Waals surface area contributed by atoms with Gasteiger partial charge in [0.05, 0.1) is 22.9 Å². The zero-order valence-electron chi connectivity index (χ0n) is 12.0. The Morgan fingerprint density at radius 2 is 2.20 bits per heavy atom. The lowest BCUT2D eigenvalue weighted by molar-refractivity contribution is 0.0697. The summed E-state index contributed by atoms with van der Waals surface area (Å²) in [6, 6.07) is 0. The first-order chi connectivity index (χ1) is 9.32. The molecule has 0 fully saturated rings. The fourth-order valence-electron chi connectivity index (χ4n) is 2.43. The SMILES string of the molecule is Cc1nn(C)c2ncc(C(=O)O)c(N(C)CC(C)O)c12. The van der Waals surface area contributed by atoms with Gasteiger partial charge in [0, 0.05) is 26.8 Å². The number of carboxylic acids is 1. The summed E-state index contributed by atoms with van der Waals surface area (Å²) in [7, 11) is 3.52. The van der Waals surface area contributed by atoms with Gasteiger partial charge in [0.25, 0.3) is 0 Å². The van der Waals surface area contributed by atoms with Crippen molar-refractivity contribution in [1.29, 1.82) is 0 Å². The van der Waals surface area contributed by atoms with E-state index in [0.29, 0.717) is 29.0 Å². The molecule has 20 heavy (non-hydrogen) atoms. The van der Waals surface area contributed by atoms with Crippen LogP contribution in [-0.2, 0) is 7.05 Å². The zero-order chi connectivity index (χ0) is 15.0. The Kier molecular flexibility index (Phi) is 3.63. The zero-order valence-corrected chi connectivity index (χ0v) is 12.0. The van der Waals surface area contributed by atoms with Crippen molar-refractivity contribution in [3.05, 3.63) is 17.5 Å². The number of hydrogen-bond acceptors (Lipinski definition) is 5. The maximum absolute atomic E-state index is 11.4.